The number of hydrogen-bond acceptors (Lipinski definition) is 3. The van der Waals surface area contributed by atoms with Crippen LogP contribution in [0.2, 0.25) is 0 Å². The van der Waals surface area contributed by atoms with Gasteiger partial charge in [0.05, 0.1) is 6.61 Å². The lowest BCUT2D eigenvalue weighted by Gasteiger charge is -2.25. The normalized spacial score (nSPS) is 19.5. The first-order valence-electron chi connectivity index (χ1n) is 7.14. The smallest absolute Gasteiger partial charge is 0.145 e. The van der Waals surface area contributed by atoms with E-state index in [1.807, 2.05) is 19.2 Å². The summed E-state index contributed by atoms with van der Waals surface area (Å²) < 4.78 is 5.68. The molecule has 3 nitrogen and oxygen atoms in total. The van der Waals surface area contributed by atoms with E-state index in [0.29, 0.717) is 12.6 Å². The summed E-state index contributed by atoms with van der Waals surface area (Å²) in [6.07, 6.45) is 5.62. The van der Waals surface area contributed by atoms with Gasteiger partial charge in [-0.25, -0.2) is 0 Å². The molecule has 1 N–H and O–H groups in total. The molecule has 1 aromatic carbocycles. The summed E-state index contributed by atoms with van der Waals surface area (Å²) in [4.78, 5) is 4.50. The van der Waals surface area contributed by atoms with E-state index in [2.05, 4.69) is 28.5 Å². The van der Waals surface area contributed by atoms with Crippen molar-refractivity contribution < 1.29 is 4.74 Å². The average molecular weight is 256 g/mol. The molecule has 1 unspecified atom stereocenters. The van der Waals surface area contributed by atoms with Crippen molar-refractivity contribution in [1.29, 1.82) is 0 Å². The second-order valence-electron chi connectivity index (χ2n) is 4.99. The Balaban J connectivity index is 2.07. The zero-order chi connectivity index (χ0) is 13.1. The first kappa shape index (κ1) is 12.4. The Hall–Kier alpha value is -1.61. The second kappa shape index (κ2) is 5.57. The third-order valence-corrected chi connectivity index (χ3v) is 3.75. The molecule has 1 aliphatic heterocycles. The molecule has 0 spiro atoms. The monoisotopic (exact) mass is 256 g/mol. The van der Waals surface area contributed by atoms with E-state index in [0.717, 1.165) is 17.8 Å². The van der Waals surface area contributed by atoms with Gasteiger partial charge in [-0.2, -0.15) is 0 Å². The topological polar surface area (TPSA) is 34.1 Å². The van der Waals surface area contributed by atoms with Crippen molar-refractivity contribution in [3.05, 3.63) is 36.0 Å². The number of aromatic nitrogens is 1. The molecule has 0 aliphatic carbocycles. The van der Waals surface area contributed by atoms with Gasteiger partial charge in [0.1, 0.15) is 11.3 Å². The highest BCUT2D eigenvalue weighted by molar-refractivity contribution is 5.87. The van der Waals surface area contributed by atoms with Crippen LogP contribution in [-0.4, -0.2) is 18.1 Å². The number of ether oxygens (including phenoxy) is 1. The number of nitrogens with one attached hydrogen (secondary N) is 1. The Bertz CT molecular complexity index is 562. The van der Waals surface area contributed by atoms with Crippen LogP contribution < -0.4 is 10.1 Å². The Morgan fingerprint density at radius 3 is 3.05 bits per heavy atom. The molecule has 1 fully saturated rings. The molecule has 19 heavy (non-hydrogen) atoms. The zero-order valence-corrected chi connectivity index (χ0v) is 11.4. The molecular weight excluding hydrogens is 236 g/mol. The average Bonchev–Trinajstić information content (AvgIpc) is 2.49. The van der Waals surface area contributed by atoms with Gasteiger partial charge in [-0.1, -0.05) is 18.6 Å². The Labute approximate surface area is 114 Å². The van der Waals surface area contributed by atoms with Crippen LogP contribution in [0.25, 0.3) is 10.9 Å². The lowest BCUT2D eigenvalue weighted by molar-refractivity contribution is 0.343. The molecule has 0 radical (unpaired) electrons. The fourth-order valence-electron chi connectivity index (χ4n) is 2.86. The van der Waals surface area contributed by atoms with Crippen molar-refractivity contribution >= 4 is 10.9 Å². The maximum atomic E-state index is 5.68. The minimum Gasteiger partial charge on any atom is -0.492 e. The Kier molecular flexibility index (Phi) is 3.65. The molecule has 3 heteroatoms. The number of piperidine rings is 1. The van der Waals surface area contributed by atoms with Crippen LogP contribution >= 0.6 is 0 Å². The van der Waals surface area contributed by atoms with E-state index in [4.69, 9.17) is 4.74 Å². The van der Waals surface area contributed by atoms with Crippen molar-refractivity contribution in [3.8, 4) is 5.75 Å². The van der Waals surface area contributed by atoms with Crippen LogP contribution in [0.3, 0.4) is 0 Å². The van der Waals surface area contributed by atoms with Crippen molar-refractivity contribution in [1.82, 2.24) is 10.3 Å². The number of benzene rings is 1. The fourth-order valence-corrected chi connectivity index (χ4v) is 2.86. The van der Waals surface area contributed by atoms with E-state index in [9.17, 15) is 0 Å². The molecule has 100 valence electrons. The quantitative estimate of drug-likeness (QED) is 0.913. The van der Waals surface area contributed by atoms with Gasteiger partial charge in [-0.15, -0.1) is 0 Å². The van der Waals surface area contributed by atoms with Crippen LogP contribution in [0.4, 0.5) is 0 Å². The van der Waals surface area contributed by atoms with Crippen LogP contribution in [0.15, 0.2) is 30.5 Å². The number of fused-ring (bicyclic) bond motifs is 1. The number of pyridine rings is 1. The molecule has 0 saturated carbocycles. The fraction of sp³-hybridized carbons (Fsp3) is 0.438. The molecular formula is C16H20N2O. The van der Waals surface area contributed by atoms with Crippen molar-refractivity contribution in [3.63, 3.8) is 0 Å². The minimum atomic E-state index is 0.455. The summed E-state index contributed by atoms with van der Waals surface area (Å²) in [7, 11) is 0. The second-order valence-corrected chi connectivity index (χ2v) is 4.99. The van der Waals surface area contributed by atoms with E-state index in [1.54, 1.807) is 0 Å². The molecule has 3 rings (SSSR count). The van der Waals surface area contributed by atoms with Crippen molar-refractivity contribution in [2.45, 2.75) is 32.2 Å². The van der Waals surface area contributed by atoms with Gasteiger partial charge in [0.2, 0.25) is 0 Å². The highest BCUT2D eigenvalue weighted by Crippen LogP contribution is 2.33. The summed E-state index contributed by atoms with van der Waals surface area (Å²) in [6.45, 7) is 3.79. The van der Waals surface area contributed by atoms with Crippen LogP contribution in [0, 0.1) is 0 Å². The Morgan fingerprint density at radius 1 is 1.32 bits per heavy atom. The standard InChI is InChI=1S/C16H20N2O/c1-2-19-15-9-8-12(14-7-3-4-10-17-14)13-6-5-11-18-16(13)15/h5-6,8-9,11,14,17H,2-4,7,10H2,1H3. The largest absolute Gasteiger partial charge is 0.492 e. The lowest BCUT2D eigenvalue weighted by atomic mass is 9.94. The highest BCUT2D eigenvalue weighted by Gasteiger charge is 2.18. The summed E-state index contributed by atoms with van der Waals surface area (Å²) >= 11 is 0. The lowest BCUT2D eigenvalue weighted by Crippen LogP contribution is -2.26. The van der Waals surface area contributed by atoms with Crippen LogP contribution in [0.5, 0.6) is 5.75 Å². The molecule has 1 aliphatic rings. The van der Waals surface area contributed by atoms with Gasteiger partial charge in [0, 0.05) is 17.6 Å². The van der Waals surface area contributed by atoms with Gasteiger partial charge in [-0.05, 0) is 44.0 Å². The van der Waals surface area contributed by atoms with Gasteiger partial charge in [0.25, 0.3) is 0 Å². The summed E-state index contributed by atoms with van der Waals surface area (Å²) in [6, 6.07) is 8.86. The number of nitrogens with zero attached hydrogens (tertiary/aromatic N) is 1. The Morgan fingerprint density at radius 2 is 2.26 bits per heavy atom. The molecule has 0 amide bonds. The van der Waals surface area contributed by atoms with E-state index in [-0.39, 0.29) is 0 Å². The maximum Gasteiger partial charge on any atom is 0.145 e. The van der Waals surface area contributed by atoms with Gasteiger partial charge >= 0.3 is 0 Å². The third kappa shape index (κ3) is 2.43. The third-order valence-electron chi connectivity index (χ3n) is 3.75. The predicted octanol–water partition coefficient (Wildman–Crippen LogP) is 3.45. The SMILES string of the molecule is CCOc1ccc(C2CCCCN2)c2cccnc12. The predicted molar refractivity (Wildman–Crippen MR) is 77.5 cm³/mol. The zero-order valence-electron chi connectivity index (χ0n) is 11.4. The number of hydrogen-bond donors (Lipinski definition) is 1. The summed E-state index contributed by atoms with van der Waals surface area (Å²) in [5.41, 5.74) is 2.33. The van der Waals surface area contributed by atoms with Crippen molar-refractivity contribution in [2.24, 2.45) is 0 Å². The van der Waals surface area contributed by atoms with Crippen molar-refractivity contribution in [2.75, 3.05) is 13.2 Å². The van der Waals surface area contributed by atoms with Gasteiger partial charge < -0.3 is 10.1 Å². The van der Waals surface area contributed by atoms with Gasteiger partial charge in [0.15, 0.2) is 0 Å². The summed E-state index contributed by atoms with van der Waals surface area (Å²) in [5, 5.41) is 4.83. The minimum absolute atomic E-state index is 0.455. The summed E-state index contributed by atoms with van der Waals surface area (Å²) in [5.74, 6) is 0.887. The van der Waals surface area contributed by atoms with E-state index in [1.165, 1.54) is 30.2 Å². The van der Waals surface area contributed by atoms with E-state index < -0.39 is 0 Å². The molecule has 1 atom stereocenters. The van der Waals surface area contributed by atoms with Crippen LogP contribution in [-0.2, 0) is 0 Å². The molecule has 1 saturated heterocycles. The molecule has 2 heterocycles. The first-order valence-corrected chi connectivity index (χ1v) is 7.14. The molecule has 1 aromatic heterocycles. The van der Waals surface area contributed by atoms with Crippen LogP contribution in [0.1, 0.15) is 37.8 Å². The number of rotatable bonds is 3. The highest BCUT2D eigenvalue weighted by atomic mass is 16.5. The maximum absolute atomic E-state index is 5.68. The van der Waals surface area contributed by atoms with Gasteiger partial charge in [-0.3, -0.25) is 4.98 Å². The van der Waals surface area contributed by atoms with E-state index >= 15 is 0 Å². The molecule has 0 bridgehead atoms. The molecule has 2 aromatic rings. The first-order chi connectivity index (χ1) is 9.40.